The number of rotatable bonds is 3. The third-order valence-corrected chi connectivity index (χ3v) is 1.54. The molecule has 0 saturated carbocycles. The Morgan fingerprint density at radius 3 is 2.00 bits per heavy atom. The zero-order chi connectivity index (χ0) is 9.02. The number of hydrogen-bond acceptors (Lipinski definition) is 1. The Morgan fingerprint density at radius 2 is 1.91 bits per heavy atom. The smallest absolute Gasteiger partial charge is 0.165 e. The Morgan fingerprint density at radius 1 is 1.45 bits per heavy atom. The van der Waals surface area contributed by atoms with Gasteiger partial charge in [0.05, 0.1) is 0 Å². The molecule has 0 aromatic rings. The molecule has 0 aromatic heterocycles. The van der Waals surface area contributed by atoms with Crippen LogP contribution in [0.15, 0.2) is 23.8 Å². The van der Waals surface area contributed by atoms with E-state index in [0.29, 0.717) is 0 Å². The highest BCUT2D eigenvalue weighted by molar-refractivity contribution is 6.00. The molecule has 0 atom stereocenters. The minimum absolute atomic E-state index is 0.0675. The van der Waals surface area contributed by atoms with Crippen molar-refractivity contribution < 1.29 is 4.79 Å². The van der Waals surface area contributed by atoms with E-state index < -0.39 is 0 Å². The topological polar surface area (TPSA) is 17.1 Å². The van der Waals surface area contributed by atoms with Crippen LogP contribution in [0.5, 0.6) is 0 Å². The second kappa shape index (κ2) is 4.12. The van der Waals surface area contributed by atoms with Gasteiger partial charge in [0.15, 0.2) is 5.78 Å². The van der Waals surface area contributed by atoms with Gasteiger partial charge in [0.25, 0.3) is 0 Å². The largest absolute Gasteiger partial charge is 0.294 e. The average molecular weight is 152 g/mol. The van der Waals surface area contributed by atoms with Gasteiger partial charge in [-0.2, -0.15) is 0 Å². The predicted molar refractivity (Wildman–Crippen MR) is 48.4 cm³/mol. The molecule has 0 aromatic carbocycles. The molecule has 0 heterocycles. The van der Waals surface area contributed by atoms with Gasteiger partial charge < -0.3 is 0 Å². The van der Waals surface area contributed by atoms with Crippen LogP contribution >= 0.6 is 0 Å². The molecule has 0 aliphatic carbocycles. The van der Waals surface area contributed by atoms with Crippen molar-refractivity contribution in [1.29, 1.82) is 0 Å². The average Bonchev–Trinajstić information content (AvgIpc) is 1.88. The summed E-state index contributed by atoms with van der Waals surface area (Å²) >= 11 is 0. The summed E-state index contributed by atoms with van der Waals surface area (Å²) in [6.45, 7) is 11.3. The fourth-order valence-corrected chi connectivity index (χ4v) is 0.910. The molecule has 0 unspecified atom stereocenters. The van der Waals surface area contributed by atoms with Crippen LogP contribution in [0.2, 0.25) is 0 Å². The van der Waals surface area contributed by atoms with E-state index in [1.807, 2.05) is 33.8 Å². The molecule has 1 heteroatoms. The first-order valence-corrected chi connectivity index (χ1v) is 3.87. The molecule has 1 nitrogen and oxygen atoms in total. The van der Waals surface area contributed by atoms with Crippen LogP contribution < -0.4 is 0 Å². The van der Waals surface area contributed by atoms with Gasteiger partial charge in [-0.15, -0.1) is 0 Å². The Balaban J connectivity index is 4.55. The molecule has 0 aliphatic rings. The molecule has 0 saturated heterocycles. The Hall–Kier alpha value is -0.850. The van der Waals surface area contributed by atoms with Gasteiger partial charge >= 0.3 is 0 Å². The highest BCUT2D eigenvalue weighted by atomic mass is 16.1. The fourth-order valence-electron chi connectivity index (χ4n) is 0.910. The van der Waals surface area contributed by atoms with Gasteiger partial charge in [0.1, 0.15) is 0 Å². The summed E-state index contributed by atoms with van der Waals surface area (Å²) in [5.74, 6) is 0.248. The van der Waals surface area contributed by atoms with Gasteiger partial charge in [-0.05, 0) is 19.4 Å². The normalized spacial score (nSPS) is 11.9. The highest BCUT2D eigenvalue weighted by Crippen LogP contribution is 2.12. The van der Waals surface area contributed by atoms with E-state index in [4.69, 9.17) is 0 Å². The van der Waals surface area contributed by atoms with Crippen molar-refractivity contribution in [3.63, 3.8) is 0 Å². The minimum Gasteiger partial charge on any atom is -0.294 e. The van der Waals surface area contributed by atoms with Crippen molar-refractivity contribution in [2.24, 2.45) is 5.92 Å². The third kappa shape index (κ3) is 2.71. The summed E-state index contributed by atoms with van der Waals surface area (Å²) in [5.41, 5.74) is 1.62. The Kier molecular flexibility index (Phi) is 3.80. The maximum atomic E-state index is 11.4. The number of carbonyl (C=O) groups is 1. The lowest BCUT2D eigenvalue weighted by atomic mass is 9.96. The zero-order valence-corrected chi connectivity index (χ0v) is 7.77. The lowest BCUT2D eigenvalue weighted by Gasteiger charge is -2.07. The summed E-state index contributed by atoms with van der Waals surface area (Å²) in [7, 11) is 0. The summed E-state index contributed by atoms with van der Waals surface area (Å²) in [5, 5.41) is 0. The van der Waals surface area contributed by atoms with E-state index >= 15 is 0 Å². The van der Waals surface area contributed by atoms with Crippen LogP contribution in [0.25, 0.3) is 0 Å². The molecule has 0 bridgehead atoms. The number of allylic oxidation sites excluding steroid dienone is 3. The molecule has 0 aliphatic heterocycles. The summed E-state index contributed by atoms with van der Waals surface area (Å²) < 4.78 is 0. The summed E-state index contributed by atoms with van der Waals surface area (Å²) in [6.07, 6.45) is 1.82. The van der Waals surface area contributed by atoms with Crippen LogP contribution in [0.4, 0.5) is 0 Å². The van der Waals surface area contributed by atoms with Crippen molar-refractivity contribution >= 4 is 5.78 Å². The first-order chi connectivity index (χ1) is 5.00. The van der Waals surface area contributed by atoms with Crippen LogP contribution in [0.3, 0.4) is 0 Å². The first-order valence-electron chi connectivity index (χ1n) is 3.87. The number of carbonyl (C=O) groups excluding carboxylic acids is 1. The Labute approximate surface area is 68.8 Å². The summed E-state index contributed by atoms with van der Waals surface area (Å²) in [4.78, 5) is 11.4. The monoisotopic (exact) mass is 152 g/mol. The number of hydrogen-bond donors (Lipinski definition) is 0. The number of ketones is 1. The second-order valence-corrected chi connectivity index (χ2v) is 3.00. The van der Waals surface area contributed by atoms with Crippen molar-refractivity contribution in [3.05, 3.63) is 23.8 Å². The molecule has 0 spiro atoms. The molecule has 0 N–H and O–H groups in total. The van der Waals surface area contributed by atoms with E-state index in [9.17, 15) is 4.79 Å². The van der Waals surface area contributed by atoms with Gasteiger partial charge in [-0.3, -0.25) is 4.79 Å². The molecular formula is C10H16O. The maximum absolute atomic E-state index is 11.4. The minimum atomic E-state index is 0.0675. The van der Waals surface area contributed by atoms with Gasteiger partial charge in [-0.1, -0.05) is 26.5 Å². The molecule has 0 fully saturated rings. The summed E-state index contributed by atoms with van der Waals surface area (Å²) in [6, 6.07) is 0. The van der Waals surface area contributed by atoms with Gasteiger partial charge in [0, 0.05) is 11.5 Å². The SMILES string of the molecule is C=C(C)/C(=C\C)C(=O)C(C)C. The van der Waals surface area contributed by atoms with E-state index in [-0.39, 0.29) is 11.7 Å². The van der Waals surface area contributed by atoms with Crippen LogP contribution in [-0.4, -0.2) is 5.78 Å². The van der Waals surface area contributed by atoms with Crippen molar-refractivity contribution in [2.45, 2.75) is 27.7 Å². The maximum Gasteiger partial charge on any atom is 0.165 e. The van der Waals surface area contributed by atoms with Gasteiger partial charge in [0.2, 0.25) is 0 Å². The molecule has 0 amide bonds. The molecule has 62 valence electrons. The molecular weight excluding hydrogens is 136 g/mol. The Bertz CT molecular complexity index is 197. The highest BCUT2D eigenvalue weighted by Gasteiger charge is 2.12. The van der Waals surface area contributed by atoms with Crippen molar-refractivity contribution in [3.8, 4) is 0 Å². The molecule has 0 rings (SSSR count). The molecule has 0 radical (unpaired) electrons. The standard InChI is InChI=1S/C10H16O/c1-6-9(7(2)3)10(11)8(4)5/h6,8H,2H2,1,3-5H3/b9-6+. The molecule has 11 heavy (non-hydrogen) atoms. The lowest BCUT2D eigenvalue weighted by Crippen LogP contribution is -2.10. The first kappa shape index (κ1) is 10.2. The van der Waals surface area contributed by atoms with Crippen molar-refractivity contribution in [2.75, 3.05) is 0 Å². The van der Waals surface area contributed by atoms with Crippen LogP contribution in [-0.2, 0) is 4.79 Å². The third-order valence-electron chi connectivity index (χ3n) is 1.54. The van der Waals surface area contributed by atoms with Crippen LogP contribution in [0.1, 0.15) is 27.7 Å². The van der Waals surface area contributed by atoms with E-state index in [0.717, 1.165) is 11.1 Å². The van der Waals surface area contributed by atoms with E-state index in [2.05, 4.69) is 6.58 Å². The number of Topliss-reactive ketones (excluding diaryl/α,β-unsaturated/α-hetero) is 1. The fraction of sp³-hybridized carbons (Fsp3) is 0.500. The van der Waals surface area contributed by atoms with Crippen molar-refractivity contribution in [1.82, 2.24) is 0 Å². The van der Waals surface area contributed by atoms with Crippen LogP contribution in [0, 0.1) is 5.92 Å². The van der Waals surface area contributed by atoms with E-state index in [1.165, 1.54) is 0 Å². The quantitative estimate of drug-likeness (QED) is 0.449. The lowest BCUT2D eigenvalue weighted by molar-refractivity contribution is -0.118. The zero-order valence-electron chi connectivity index (χ0n) is 7.77. The van der Waals surface area contributed by atoms with E-state index in [1.54, 1.807) is 0 Å². The second-order valence-electron chi connectivity index (χ2n) is 3.00. The van der Waals surface area contributed by atoms with Gasteiger partial charge in [-0.25, -0.2) is 0 Å². The predicted octanol–water partition coefficient (Wildman–Crippen LogP) is 2.73.